The number of hydrogen-bond acceptors (Lipinski definition) is 4. The third-order valence-electron chi connectivity index (χ3n) is 2.40. The lowest BCUT2D eigenvalue weighted by Gasteiger charge is -2.03. The van der Waals surface area contributed by atoms with Crippen molar-refractivity contribution in [2.75, 3.05) is 0 Å². The van der Waals surface area contributed by atoms with Crippen molar-refractivity contribution < 1.29 is 14.4 Å². The summed E-state index contributed by atoms with van der Waals surface area (Å²) in [4.78, 5) is 27.9. The lowest BCUT2D eigenvalue weighted by atomic mass is 10.3. The molecule has 1 heterocycles. The van der Waals surface area contributed by atoms with E-state index in [1.54, 1.807) is 6.92 Å². The summed E-state index contributed by atoms with van der Waals surface area (Å²) in [6, 6.07) is 0. The van der Waals surface area contributed by atoms with Crippen molar-refractivity contribution in [1.29, 1.82) is 0 Å². The van der Waals surface area contributed by atoms with E-state index >= 15 is 0 Å². The van der Waals surface area contributed by atoms with Crippen LogP contribution in [0.2, 0.25) is 9.36 Å². The van der Waals surface area contributed by atoms with Crippen LogP contribution in [0.4, 0.5) is 0 Å². The van der Waals surface area contributed by atoms with Crippen LogP contribution in [-0.2, 0) is 9.63 Å². The molecule has 0 atom stereocenters. The van der Waals surface area contributed by atoms with Crippen LogP contribution in [0.25, 0.3) is 0 Å². The molecule has 0 spiro atoms. The molecular weight excluding hydrogens is 285 g/mol. The predicted molar refractivity (Wildman–Crippen MR) is 65.4 cm³/mol. The van der Waals surface area contributed by atoms with E-state index in [1.807, 2.05) is 0 Å². The molecule has 0 aliphatic heterocycles. The van der Waals surface area contributed by atoms with E-state index in [9.17, 15) is 9.59 Å². The van der Waals surface area contributed by atoms with Crippen molar-refractivity contribution in [1.82, 2.24) is 5.48 Å². The molecule has 0 radical (unpaired) electrons. The third-order valence-corrected chi connectivity index (χ3v) is 4.58. The summed E-state index contributed by atoms with van der Waals surface area (Å²) in [5, 5.41) is 0.357. The fraction of sp³-hybridized carbons (Fsp3) is 0.400. The second-order valence-electron chi connectivity index (χ2n) is 3.77. The molecule has 0 saturated heterocycles. The number of nitrogens with one attached hydrogen (secondary N) is 1. The second-order valence-corrected chi connectivity index (χ2v) is 5.77. The molecule has 1 aliphatic carbocycles. The topological polar surface area (TPSA) is 55.4 Å². The van der Waals surface area contributed by atoms with E-state index in [0.717, 1.165) is 24.2 Å². The van der Waals surface area contributed by atoms with E-state index in [2.05, 4.69) is 10.3 Å². The van der Waals surface area contributed by atoms with Crippen LogP contribution >= 0.6 is 34.5 Å². The third kappa shape index (κ3) is 2.73. The van der Waals surface area contributed by atoms with Crippen molar-refractivity contribution >= 4 is 46.4 Å². The van der Waals surface area contributed by atoms with E-state index in [-0.39, 0.29) is 5.92 Å². The van der Waals surface area contributed by atoms with Gasteiger partial charge < -0.3 is 4.84 Å². The average Bonchev–Trinajstić information content (AvgIpc) is 3.10. The van der Waals surface area contributed by atoms with Crippen LogP contribution in [0.5, 0.6) is 0 Å². The van der Waals surface area contributed by atoms with Crippen LogP contribution < -0.4 is 5.48 Å². The smallest absolute Gasteiger partial charge is 0.335 e. The Bertz CT molecular complexity index is 482. The number of carbonyl (C=O) groups excluding carboxylic acids is 2. The maximum absolute atomic E-state index is 11.7. The van der Waals surface area contributed by atoms with Gasteiger partial charge in [0.2, 0.25) is 0 Å². The van der Waals surface area contributed by atoms with Gasteiger partial charge in [0.25, 0.3) is 5.91 Å². The average molecular weight is 294 g/mol. The first-order valence-corrected chi connectivity index (χ1v) is 6.53. The number of carbonyl (C=O) groups is 2. The second kappa shape index (κ2) is 4.84. The fourth-order valence-electron chi connectivity index (χ4n) is 1.22. The van der Waals surface area contributed by atoms with Crippen molar-refractivity contribution in [3.05, 3.63) is 19.8 Å². The largest absolute Gasteiger partial charge is 0.340 e. The summed E-state index contributed by atoms with van der Waals surface area (Å²) in [6.07, 6.45) is 1.65. The summed E-state index contributed by atoms with van der Waals surface area (Å²) in [5.41, 5.74) is 2.69. The molecule has 1 aromatic heterocycles. The van der Waals surface area contributed by atoms with Crippen LogP contribution in [0, 0.1) is 12.8 Å². The lowest BCUT2D eigenvalue weighted by molar-refractivity contribution is -0.150. The molecule has 0 aromatic carbocycles. The van der Waals surface area contributed by atoms with Crippen LogP contribution in [0.3, 0.4) is 0 Å². The first kappa shape index (κ1) is 12.7. The Balaban J connectivity index is 1.99. The molecule has 1 aromatic rings. The van der Waals surface area contributed by atoms with E-state index < -0.39 is 11.9 Å². The molecule has 1 fully saturated rings. The summed E-state index contributed by atoms with van der Waals surface area (Å²) >= 11 is 12.7. The number of rotatable bonds is 2. The summed E-state index contributed by atoms with van der Waals surface area (Å²) < 4.78 is 0.350. The van der Waals surface area contributed by atoms with Gasteiger partial charge in [0.05, 0.1) is 10.9 Å². The zero-order valence-electron chi connectivity index (χ0n) is 8.88. The molecular formula is C10H9Cl2NO3S. The predicted octanol–water partition coefficient (Wildman–Crippen LogP) is 2.96. The van der Waals surface area contributed by atoms with Crippen LogP contribution in [0.15, 0.2) is 0 Å². The molecule has 1 amide bonds. The highest BCUT2D eigenvalue weighted by Gasteiger charge is 2.32. The first-order chi connectivity index (χ1) is 8.00. The molecule has 1 aliphatic rings. The van der Waals surface area contributed by atoms with Crippen molar-refractivity contribution in [3.8, 4) is 0 Å². The van der Waals surface area contributed by atoms with Gasteiger partial charge in [-0.25, -0.2) is 4.79 Å². The highest BCUT2D eigenvalue weighted by atomic mass is 35.5. The van der Waals surface area contributed by atoms with Crippen LogP contribution in [-0.4, -0.2) is 11.9 Å². The zero-order valence-corrected chi connectivity index (χ0v) is 11.2. The highest BCUT2D eigenvalue weighted by Crippen LogP contribution is 2.36. The Hall–Kier alpha value is -0.780. The van der Waals surface area contributed by atoms with E-state index in [1.165, 1.54) is 0 Å². The van der Waals surface area contributed by atoms with E-state index in [4.69, 9.17) is 23.2 Å². The van der Waals surface area contributed by atoms with Gasteiger partial charge in [-0.05, 0) is 25.3 Å². The molecule has 1 N–H and O–H groups in total. The van der Waals surface area contributed by atoms with Gasteiger partial charge in [0.1, 0.15) is 9.21 Å². The monoisotopic (exact) mass is 293 g/mol. The standard InChI is InChI=1S/C10H9Cl2NO3S/c1-4-6(11)8(12)17-7(4)9(14)13-16-10(15)5-2-3-5/h5H,2-3H2,1H3,(H,13,14). The number of hydroxylamine groups is 1. The Kier molecular flexibility index (Phi) is 3.61. The van der Waals surface area contributed by atoms with Gasteiger partial charge in [-0.3, -0.25) is 4.79 Å². The summed E-state index contributed by atoms with van der Waals surface area (Å²) in [7, 11) is 0. The minimum absolute atomic E-state index is 0.0630. The molecule has 1 saturated carbocycles. The quantitative estimate of drug-likeness (QED) is 0.853. The minimum Gasteiger partial charge on any atom is -0.340 e. The van der Waals surface area contributed by atoms with E-state index in [0.29, 0.717) is 19.8 Å². The van der Waals surface area contributed by atoms with Crippen molar-refractivity contribution in [2.24, 2.45) is 5.92 Å². The maximum atomic E-state index is 11.7. The number of thiophene rings is 1. The first-order valence-electron chi connectivity index (χ1n) is 4.96. The van der Waals surface area contributed by atoms with Crippen molar-refractivity contribution in [2.45, 2.75) is 19.8 Å². The molecule has 17 heavy (non-hydrogen) atoms. The molecule has 92 valence electrons. The molecule has 7 heteroatoms. The van der Waals surface area contributed by atoms with Gasteiger partial charge in [0.15, 0.2) is 0 Å². The SMILES string of the molecule is Cc1c(C(=O)NOC(=O)C2CC2)sc(Cl)c1Cl. The zero-order chi connectivity index (χ0) is 12.6. The minimum atomic E-state index is -0.504. The fourth-order valence-corrected chi connectivity index (χ4v) is 2.67. The van der Waals surface area contributed by atoms with Gasteiger partial charge in [0, 0.05) is 0 Å². The number of hydrogen-bond donors (Lipinski definition) is 1. The molecule has 0 unspecified atom stereocenters. The Morgan fingerprint density at radius 1 is 1.41 bits per heavy atom. The maximum Gasteiger partial charge on any atom is 0.335 e. The summed E-state index contributed by atoms with van der Waals surface area (Å²) in [5.74, 6) is -0.966. The molecule has 2 rings (SSSR count). The van der Waals surface area contributed by atoms with Gasteiger partial charge in [-0.1, -0.05) is 23.2 Å². The van der Waals surface area contributed by atoms with Crippen LogP contribution in [0.1, 0.15) is 28.1 Å². The van der Waals surface area contributed by atoms with Gasteiger partial charge in [-0.15, -0.1) is 11.3 Å². The molecule has 4 nitrogen and oxygen atoms in total. The number of halogens is 2. The Morgan fingerprint density at radius 3 is 2.53 bits per heavy atom. The summed E-state index contributed by atoms with van der Waals surface area (Å²) in [6.45, 7) is 1.68. The Labute approximate surface area is 112 Å². The number of amides is 1. The normalized spacial score (nSPS) is 14.5. The van der Waals surface area contributed by atoms with Gasteiger partial charge in [-0.2, -0.15) is 5.48 Å². The van der Waals surface area contributed by atoms with Crippen molar-refractivity contribution in [3.63, 3.8) is 0 Å². The highest BCUT2D eigenvalue weighted by molar-refractivity contribution is 7.18. The lowest BCUT2D eigenvalue weighted by Crippen LogP contribution is -2.27. The Morgan fingerprint density at radius 2 is 2.06 bits per heavy atom. The molecule has 0 bridgehead atoms. The van der Waals surface area contributed by atoms with Gasteiger partial charge >= 0.3 is 5.97 Å².